The molecule has 0 aromatic heterocycles. The highest BCUT2D eigenvalue weighted by Crippen LogP contribution is 2.28. The van der Waals surface area contributed by atoms with E-state index in [0.717, 1.165) is 36.3 Å². The maximum Gasteiger partial charge on any atom is 0.230 e. The number of carbonyl (C=O) groups excluding carboxylic acids is 2. The highest BCUT2D eigenvalue weighted by molar-refractivity contribution is 8.00. The zero-order valence-electron chi connectivity index (χ0n) is 14.3. The molecule has 0 atom stereocenters. The molecule has 0 bridgehead atoms. The van der Waals surface area contributed by atoms with Crippen LogP contribution in [0.4, 0.5) is 0 Å². The van der Waals surface area contributed by atoms with Crippen molar-refractivity contribution in [2.24, 2.45) is 11.8 Å². The number of thioether (sulfide) groups is 1. The molecule has 6 heteroatoms. The lowest BCUT2D eigenvalue weighted by Gasteiger charge is -2.27. The van der Waals surface area contributed by atoms with E-state index in [0.29, 0.717) is 18.2 Å². The number of benzene rings is 1. The number of nitrogens with one attached hydrogen (secondary N) is 2. The first-order valence-electron chi connectivity index (χ1n) is 8.37. The second-order valence-corrected chi connectivity index (χ2v) is 7.15. The summed E-state index contributed by atoms with van der Waals surface area (Å²) in [6.45, 7) is 0.706. The van der Waals surface area contributed by atoms with Crippen LogP contribution in [0.25, 0.3) is 0 Å². The molecule has 1 aromatic rings. The average Bonchev–Trinajstić information content (AvgIpc) is 2.64. The second-order valence-electron chi connectivity index (χ2n) is 6.10. The molecule has 1 fully saturated rings. The molecule has 0 heterocycles. The lowest BCUT2D eigenvalue weighted by Crippen LogP contribution is -2.35. The molecule has 0 aliphatic heterocycles. The van der Waals surface area contributed by atoms with Gasteiger partial charge in [0.1, 0.15) is 5.75 Å². The SMILES string of the molecule is CNC(=O)C1CCC(CNC(=O)CSc2cccc(OC)c2)CC1. The highest BCUT2D eigenvalue weighted by atomic mass is 32.2. The van der Waals surface area contributed by atoms with Crippen molar-refractivity contribution in [2.45, 2.75) is 30.6 Å². The van der Waals surface area contributed by atoms with Gasteiger partial charge in [0.25, 0.3) is 0 Å². The zero-order valence-corrected chi connectivity index (χ0v) is 15.2. The quantitative estimate of drug-likeness (QED) is 0.741. The van der Waals surface area contributed by atoms with Crippen LogP contribution in [-0.4, -0.2) is 38.3 Å². The predicted molar refractivity (Wildman–Crippen MR) is 96.2 cm³/mol. The average molecular weight is 350 g/mol. The Kier molecular flexibility index (Phi) is 7.43. The molecular formula is C18H26N2O3S. The fraction of sp³-hybridized carbons (Fsp3) is 0.556. The molecule has 1 aromatic carbocycles. The zero-order chi connectivity index (χ0) is 17.4. The van der Waals surface area contributed by atoms with Crippen LogP contribution < -0.4 is 15.4 Å². The van der Waals surface area contributed by atoms with E-state index in [1.165, 1.54) is 11.8 Å². The molecule has 24 heavy (non-hydrogen) atoms. The van der Waals surface area contributed by atoms with Gasteiger partial charge in [-0.1, -0.05) is 6.07 Å². The summed E-state index contributed by atoms with van der Waals surface area (Å²) in [5.41, 5.74) is 0. The van der Waals surface area contributed by atoms with E-state index in [-0.39, 0.29) is 17.7 Å². The van der Waals surface area contributed by atoms with Crippen LogP contribution in [0.15, 0.2) is 29.2 Å². The van der Waals surface area contributed by atoms with E-state index < -0.39 is 0 Å². The smallest absolute Gasteiger partial charge is 0.230 e. The molecule has 0 spiro atoms. The van der Waals surface area contributed by atoms with Gasteiger partial charge < -0.3 is 15.4 Å². The highest BCUT2D eigenvalue weighted by Gasteiger charge is 2.25. The normalized spacial score (nSPS) is 20.2. The third-order valence-corrected chi connectivity index (χ3v) is 5.46. The molecule has 0 saturated heterocycles. The van der Waals surface area contributed by atoms with Gasteiger partial charge >= 0.3 is 0 Å². The van der Waals surface area contributed by atoms with Crippen LogP contribution in [0.5, 0.6) is 5.75 Å². The van der Waals surface area contributed by atoms with Crippen molar-refractivity contribution in [1.82, 2.24) is 10.6 Å². The molecule has 5 nitrogen and oxygen atoms in total. The lowest BCUT2D eigenvalue weighted by molar-refractivity contribution is -0.126. The first-order valence-corrected chi connectivity index (χ1v) is 9.36. The fourth-order valence-electron chi connectivity index (χ4n) is 2.98. The number of hydrogen-bond donors (Lipinski definition) is 2. The second kappa shape index (κ2) is 9.57. The Balaban J connectivity index is 1.66. The monoisotopic (exact) mass is 350 g/mol. The van der Waals surface area contributed by atoms with Crippen LogP contribution in [0, 0.1) is 11.8 Å². The first kappa shape index (κ1) is 18.6. The largest absolute Gasteiger partial charge is 0.497 e. The number of hydrogen-bond acceptors (Lipinski definition) is 4. The molecular weight excluding hydrogens is 324 g/mol. The number of rotatable bonds is 7. The van der Waals surface area contributed by atoms with Crippen molar-refractivity contribution >= 4 is 23.6 Å². The minimum atomic E-state index is 0.0521. The number of ether oxygens (including phenoxy) is 1. The number of carbonyl (C=O) groups is 2. The van der Waals surface area contributed by atoms with Crippen molar-refractivity contribution in [1.29, 1.82) is 0 Å². The number of methoxy groups -OCH3 is 1. The van der Waals surface area contributed by atoms with Crippen molar-refractivity contribution in [3.63, 3.8) is 0 Å². The van der Waals surface area contributed by atoms with Crippen LogP contribution in [0.2, 0.25) is 0 Å². The molecule has 1 aliphatic carbocycles. The van der Waals surface area contributed by atoms with Gasteiger partial charge in [-0.2, -0.15) is 0 Å². The first-order chi connectivity index (χ1) is 11.6. The van der Waals surface area contributed by atoms with Crippen molar-refractivity contribution < 1.29 is 14.3 Å². The van der Waals surface area contributed by atoms with Gasteiger partial charge in [-0.25, -0.2) is 0 Å². The molecule has 2 N–H and O–H groups in total. The third-order valence-electron chi connectivity index (χ3n) is 4.46. The van der Waals surface area contributed by atoms with E-state index >= 15 is 0 Å². The Hall–Kier alpha value is -1.69. The van der Waals surface area contributed by atoms with Crippen LogP contribution >= 0.6 is 11.8 Å². The van der Waals surface area contributed by atoms with Crippen LogP contribution in [0.3, 0.4) is 0 Å². The Morgan fingerprint density at radius 3 is 2.67 bits per heavy atom. The van der Waals surface area contributed by atoms with E-state index in [1.807, 2.05) is 24.3 Å². The Labute approximate surface area is 147 Å². The Bertz CT molecular complexity index is 557. The van der Waals surface area contributed by atoms with Gasteiger partial charge in [-0.15, -0.1) is 11.8 Å². The molecule has 0 unspecified atom stereocenters. The predicted octanol–water partition coefficient (Wildman–Crippen LogP) is 2.46. The topological polar surface area (TPSA) is 67.4 Å². The van der Waals surface area contributed by atoms with E-state index in [9.17, 15) is 9.59 Å². The maximum atomic E-state index is 12.0. The molecule has 1 saturated carbocycles. The van der Waals surface area contributed by atoms with Crippen LogP contribution in [-0.2, 0) is 9.59 Å². The van der Waals surface area contributed by atoms with E-state index in [1.54, 1.807) is 14.2 Å². The molecule has 2 rings (SSSR count). The standard InChI is InChI=1S/C18H26N2O3S/c1-19-18(22)14-8-6-13(7-9-14)11-20-17(21)12-24-16-5-3-4-15(10-16)23-2/h3-5,10,13-14H,6-9,11-12H2,1-2H3,(H,19,22)(H,20,21). The minimum absolute atomic E-state index is 0.0521. The Morgan fingerprint density at radius 2 is 2.00 bits per heavy atom. The van der Waals surface area contributed by atoms with Gasteiger partial charge in [0, 0.05) is 24.4 Å². The summed E-state index contributed by atoms with van der Waals surface area (Å²) in [6.07, 6.45) is 3.83. The van der Waals surface area contributed by atoms with Gasteiger partial charge in [0.2, 0.25) is 11.8 Å². The molecule has 1 aliphatic rings. The van der Waals surface area contributed by atoms with Gasteiger partial charge in [0.15, 0.2) is 0 Å². The summed E-state index contributed by atoms with van der Waals surface area (Å²) in [6, 6.07) is 7.71. The van der Waals surface area contributed by atoms with Crippen LogP contribution in [0.1, 0.15) is 25.7 Å². The van der Waals surface area contributed by atoms with Gasteiger partial charge in [-0.3, -0.25) is 9.59 Å². The van der Waals surface area contributed by atoms with Crippen molar-refractivity contribution in [2.75, 3.05) is 26.5 Å². The summed E-state index contributed by atoms with van der Waals surface area (Å²) < 4.78 is 5.18. The molecule has 132 valence electrons. The lowest BCUT2D eigenvalue weighted by atomic mass is 9.81. The van der Waals surface area contributed by atoms with Gasteiger partial charge in [-0.05, 0) is 49.8 Å². The number of amides is 2. The molecule has 2 amide bonds. The Morgan fingerprint density at radius 1 is 1.25 bits per heavy atom. The summed E-state index contributed by atoms with van der Waals surface area (Å²) in [5, 5.41) is 5.74. The van der Waals surface area contributed by atoms with Gasteiger partial charge in [0.05, 0.1) is 12.9 Å². The summed E-state index contributed by atoms with van der Waals surface area (Å²) in [4.78, 5) is 24.6. The molecule has 0 radical (unpaired) electrons. The third kappa shape index (κ3) is 5.74. The maximum absolute atomic E-state index is 12.0. The van der Waals surface area contributed by atoms with E-state index in [2.05, 4.69) is 10.6 Å². The van der Waals surface area contributed by atoms with E-state index in [4.69, 9.17) is 4.74 Å². The summed E-state index contributed by atoms with van der Waals surface area (Å²) in [7, 11) is 3.32. The minimum Gasteiger partial charge on any atom is -0.497 e. The summed E-state index contributed by atoms with van der Waals surface area (Å²) in [5.74, 6) is 2.03. The fourth-order valence-corrected chi connectivity index (χ4v) is 3.76. The van der Waals surface area contributed by atoms with Crippen molar-refractivity contribution in [3.05, 3.63) is 24.3 Å². The summed E-state index contributed by atoms with van der Waals surface area (Å²) >= 11 is 1.51. The van der Waals surface area contributed by atoms with Crippen molar-refractivity contribution in [3.8, 4) is 5.75 Å².